The fourth-order valence-corrected chi connectivity index (χ4v) is 13.7. The summed E-state index contributed by atoms with van der Waals surface area (Å²) in [7, 11) is 3.34. The molecule has 4 aromatic rings. The Balaban J connectivity index is 0.684. The lowest BCUT2D eigenvalue weighted by molar-refractivity contribution is -0.138. The SMILES string of the molecule is CC1(C)c2cc(C(=O)NCCSSCCNC(=O)c3ccc4c(c3)C(C)(C)C3(/C=C/c5ccc(N6CCCC6C(=O)O)cc5)OCCN43)ccc2N2CCOC21/C=C/c1ccc(N2CCCC2C=O)cc1. The number of fused-ring (bicyclic) bond motifs is 6. The van der Waals surface area contributed by atoms with E-state index in [1.54, 1.807) is 21.6 Å². The lowest BCUT2D eigenvalue weighted by Gasteiger charge is -2.39. The molecule has 0 radical (unpaired) electrons. The summed E-state index contributed by atoms with van der Waals surface area (Å²) < 4.78 is 13.2. The number of benzene rings is 4. The zero-order valence-electron chi connectivity index (χ0n) is 41.0. The van der Waals surface area contributed by atoms with Gasteiger partial charge in [-0.1, -0.05) is 85.7 Å². The maximum Gasteiger partial charge on any atom is 0.326 e. The van der Waals surface area contributed by atoms with E-state index in [-0.39, 0.29) is 17.9 Å². The Hall–Kier alpha value is -5.74. The zero-order valence-corrected chi connectivity index (χ0v) is 42.7. The highest BCUT2D eigenvalue weighted by Crippen LogP contribution is 2.57. The van der Waals surface area contributed by atoms with Crippen molar-refractivity contribution >= 4 is 80.6 Å². The van der Waals surface area contributed by atoms with Crippen LogP contribution in [0.15, 0.2) is 97.1 Å². The van der Waals surface area contributed by atoms with E-state index in [1.807, 2.05) is 59.5 Å². The molecule has 6 aliphatic heterocycles. The largest absolute Gasteiger partial charge is 0.480 e. The van der Waals surface area contributed by atoms with E-state index in [9.17, 15) is 24.3 Å². The molecule has 4 saturated heterocycles. The van der Waals surface area contributed by atoms with Crippen molar-refractivity contribution in [3.8, 4) is 0 Å². The van der Waals surface area contributed by atoms with Crippen LogP contribution in [0, 0.1) is 0 Å². The summed E-state index contributed by atoms with van der Waals surface area (Å²) in [5.74, 6) is 0.432. The molecule has 0 aromatic heterocycles. The number of hydrogen-bond acceptors (Lipinski definition) is 12. The number of anilines is 4. The van der Waals surface area contributed by atoms with Crippen LogP contribution in [0.3, 0.4) is 0 Å². The molecular formula is C56H64N6O7S2. The molecular weight excluding hydrogens is 933 g/mol. The molecule has 71 heavy (non-hydrogen) atoms. The molecule has 6 aliphatic rings. The van der Waals surface area contributed by atoms with Gasteiger partial charge in [-0.15, -0.1) is 0 Å². The van der Waals surface area contributed by atoms with Crippen LogP contribution in [0.4, 0.5) is 22.7 Å². The van der Waals surface area contributed by atoms with Crippen LogP contribution in [0.2, 0.25) is 0 Å². The standard InChI is InChI=1S/C56H64N6O7S2/c1-53(2)45-35-40(13-19-47(45)61-29-31-68-55(53,61)23-21-38-9-15-42(16-10-38)59-27-5-7-44(59)37-63)50(64)57-25-33-70-71-34-26-58-51(65)41-14-20-48-46(36-41)54(3,4)56(62(48)30-32-69-56)24-22-39-11-17-43(18-12-39)60-28-6-8-49(60)52(66)67/h9-24,35-37,44,49H,5-8,25-34H2,1-4H3,(H,57,64)(H,58,65)(H,66,67)/b23-21+,24-22+. The van der Waals surface area contributed by atoms with E-state index >= 15 is 0 Å². The van der Waals surface area contributed by atoms with Gasteiger partial charge in [0, 0.05) is 95.5 Å². The van der Waals surface area contributed by atoms with Gasteiger partial charge in [0.05, 0.1) is 19.3 Å². The zero-order chi connectivity index (χ0) is 49.5. The van der Waals surface area contributed by atoms with E-state index in [0.717, 1.165) is 108 Å². The molecule has 0 bridgehead atoms. The van der Waals surface area contributed by atoms with Crippen LogP contribution in [-0.2, 0) is 29.9 Å². The molecule has 4 fully saturated rings. The summed E-state index contributed by atoms with van der Waals surface area (Å²) in [5.41, 5.74) is 7.25. The number of carboxylic acids is 1. The minimum atomic E-state index is -0.779. The number of aliphatic carboxylic acids is 1. The van der Waals surface area contributed by atoms with Gasteiger partial charge in [-0.25, -0.2) is 4.79 Å². The predicted octanol–water partition coefficient (Wildman–Crippen LogP) is 8.52. The fraction of sp³-hybridized carbons (Fsp3) is 0.429. The number of carbonyl (C=O) groups excluding carboxylic acids is 3. The van der Waals surface area contributed by atoms with Crippen LogP contribution in [0.25, 0.3) is 12.2 Å². The first-order chi connectivity index (χ1) is 34.3. The van der Waals surface area contributed by atoms with Crippen molar-refractivity contribution < 1.29 is 33.8 Å². The summed E-state index contributed by atoms with van der Waals surface area (Å²) in [4.78, 5) is 59.0. The average Bonchev–Trinajstić information content (AvgIpc) is 4.25. The third-order valence-corrected chi connectivity index (χ3v) is 18.2. The van der Waals surface area contributed by atoms with Gasteiger partial charge >= 0.3 is 5.97 Å². The molecule has 2 amide bonds. The van der Waals surface area contributed by atoms with Crippen LogP contribution >= 0.6 is 21.6 Å². The number of nitrogens with one attached hydrogen (secondary N) is 2. The Morgan fingerprint density at radius 3 is 1.59 bits per heavy atom. The third-order valence-electron chi connectivity index (χ3n) is 15.8. The average molecular weight is 997 g/mol. The molecule has 4 atom stereocenters. The Kier molecular flexibility index (Phi) is 13.6. The molecule has 3 N–H and O–H groups in total. The van der Waals surface area contributed by atoms with Crippen LogP contribution < -0.4 is 30.2 Å². The van der Waals surface area contributed by atoms with Crippen molar-refractivity contribution in [2.24, 2.45) is 0 Å². The second-order valence-electron chi connectivity index (χ2n) is 20.3. The second kappa shape index (κ2) is 19.7. The molecule has 10 rings (SSSR count). The lowest BCUT2D eigenvalue weighted by Crippen LogP contribution is -2.51. The molecule has 0 saturated carbocycles. The number of ether oxygens (including phenoxy) is 2. The van der Waals surface area contributed by atoms with Crippen molar-refractivity contribution in [2.45, 2.75) is 87.7 Å². The van der Waals surface area contributed by atoms with Gasteiger partial charge in [-0.05, 0) is 121 Å². The summed E-state index contributed by atoms with van der Waals surface area (Å²) >= 11 is 0. The van der Waals surface area contributed by atoms with Crippen molar-refractivity contribution in [3.05, 3.63) is 130 Å². The molecule has 4 aromatic carbocycles. The summed E-state index contributed by atoms with van der Waals surface area (Å²) in [6.45, 7) is 14.1. The molecule has 0 aliphatic carbocycles. The normalized spacial score (nSPS) is 24.7. The quantitative estimate of drug-likeness (QED) is 0.0529. The van der Waals surface area contributed by atoms with Gasteiger partial charge in [0.1, 0.15) is 12.3 Å². The lowest BCUT2D eigenvalue weighted by atomic mass is 9.77. The van der Waals surface area contributed by atoms with Crippen molar-refractivity contribution in [1.82, 2.24) is 10.6 Å². The number of carboxylic acid groups (broad SMARTS) is 1. The number of hydrogen-bond donors (Lipinski definition) is 3. The van der Waals surface area contributed by atoms with Crippen LogP contribution in [0.1, 0.15) is 96.3 Å². The first-order valence-corrected chi connectivity index (χ1v) is 27.5. The van der Waals surface area contributed by atoms with Gasteiger partial charge in [-0.2, -0.15) is 0 Å². The number of rotatable bonds is 17. The number of carbonyl (C=O) groups is 4. The molecule has 372 valence electrons. The Labute approximate surface area is 424 Å². The molecule has 15 heteroatoms. The topological polar surface area (TPSA) is 144 Å². The highest BCUT2D eigenvalue weighted by atomic mass is 33.1. The number of aldehydes is 1. The maximum absolute atomic E-state index is 13.5. The van der Waals surface area contributed by atoms with Crippen LogP contribution in [-0.4, -0.2) is 117 Å². The molecule has 0 spiro atoms. The minimum Gasteiger partial charge on any atom is -0.480 e. The minimum absolute atomic E-state index is 0.0491. The second-order valence-corrected chi connectivity index (χ2v) is 23.0. The monoisotopic (exact) mass is 996 g/mol. The first-order valence-electron chi connectivity index (χ1n) is 25.0. The predicted molar refractivity (Wildman–Crippen MR) is 286 cm³/mol. The third kappa shape index (κ3) is 8.69. The van der Waals surface area contributed by atoms with E-state index in [2.05, 4.69) is 108 Å². The van der Waals surface area contributed by atoms with Gasteiger partial charge in [0.15, 0.2) is 11.4 Å². The maximum atomic E-state index is 13.5. The smallest absolute Gasteiger partial charge is 0.326 e. The van der Waals surface area contributed by atoms with Crippen molar-refractivity contribution in [2.75, 3.05) is 83.6 Å². The molecule has 4 unspecified atom stereocenters. The van der Waals surface area contributed by atoms with Crippen LogP contribution in [0.5, 0.6) is 0 Å². The summed E-state index contributed by atoms with van der Waals surface area (Å²) in [5, 5.41) is 15.9. The van der Waals surface area contributed by atoms with Gasteiger partial charge in [0.25, 0.3) is 11.8 Å². The van der Waals surface area contributed by atoms with Gasteiger partial charge in [0.2, 0.25) is 0 Å². The fourth-order valence-electron chi connectivity index (χ4n) is 11.9. The van der Waals surface area contributed by atoms with Crippen molar-refractivity contribution in [1.29, 1.82) is 0 Å². The number of nitrogens with zero attached hydrogens (tertiary/aromatic N) is 4. The van der Waals surface area contributed by atoms with Gasteiger partial charge in [-0.3, -0.25) is 9.59 Å². The van der Waals surface area contributed by atoms with Gasteiger partial charge < -0.3 is 49.6 Å². The summed E-state index contributed by atoms with van der Waals surface area (Å²) in [6.07, 6.45) is 13.0. The highest BCUT2D eigenvalue weighted by Gasteiger charge is 2.60. The van der Waals surface area contributed by atoms with Crippen molar-refractivity contribution in [3.63, 3.8) is 0 Å². The van der Waals surface area contributed by atoms with E-state index in [4.69, 9.17) is 9.47 Å². The van der Waals surface area contributed by atoms with E-state index in [1.165, 1.54) is 0 Å². The number of amides is 2. The molecule has 13 nitrogen and oxygen atoms in total. The summed E-state index contributed by atoms with van der Waals surface area (Å²) in [6, 6.07) is 27.8. The highest BCUT2D eigenvalue weighted by molar-refractivity contribution is 8.76. The van der Waals surface area contributed by atoms with E-state index < -0.39 is 34.3 Å². The Morgan fingerprint density at radius 1 is 0.648 bits per heavy atom. The van der Waals surface area contributed by atoms with E-state index in [0.29, 0.717) is 43.9 Å². The Morgan fingerprint density at radius 2 is 1.11 bits per heavy atom. The molecule has 6 heterocycles. The Bertz CT molecular complexity index is 2750. The first kappa shape index (κ1) is 48.9.